The van der Waals surface area contributed by atoms with E-state index in [1.54, 1.807) is 6.20 Å². The average molecular weight is 363 g/mol. The van der Waals surface area contributed by atoms with Gasteiger partial charge in [0.1, 0.15) is 17.4 Å². The van der Waals surface area contributed by atoms with Crippen molar-refractivity contribution in [2.75, 3.05) is 6.61 Å². The number of rotatable bonds is 7. The lowest BCUT2D eigenvalue weighted by molar-refractivity contribution is -0.110. The molecule has 4 heteroatoms. The van der Waals surface area contributed by atoms with E-state index < -0.39 is 0 Å². The summed E-state index contributed by atoms with van der Waals surface area (Å²) in [6.45, 7) is 0.555. The van der Waals surface area contributed by atoms with Gasteiger partial charge in [-0.25, -0.2) is 4.98 Å². The molecule has 2 aromatic rings. The molecule has 0 saturated heterocycles. The zero-order chi connectivity index (χ0) is 18.0. The fourth-order valence-electron chi connectivity index (χ4n) is 2.46. The van der Waals surface area contributed by atoms with Gasteiger partial charge in [-0.05, 0) is 60.0 Å². The number of allylic oxidation sites excluding steroid dienone is 4. The summed E-state index contributed by atoms with van der Waals surface area (Å²) in [5.41, 5.74) is 2.28. The lowest BCUT2D eigenvalue weighted by atomic mass is 10.1. The van der Waals surface area contributed by atoms with Gasteiger partial charge < -0.3 is 4.74 Å². The van der Waals surface area contributed by atoms with Crippen LogP contribution in [0.25, 0.3) is 0 Å². The fraction of sp³-hybridized carbons (Fsp3) is 0.182. The fourth-order valence-corrected chi connectivity index (χ4v) is 3.16. The molecule has 1 heterocycles. The minimum atomic E-state index is 0.129. The second-order valence-corrected chi connectivity index (χ2v) is 6.96. The maximum atomic E-state index is 12.0. The third-order valence-corrected chi connectivity index (χ3v) is 4.74. The lowest BCUT2D eigenvalue weighted by Gasteiger charge is -2.08. The monoisotopic (exact) mass is 363 g/mol. The van der Waals surface area contributed by atoms with E-state index in [4.69, 9.17) is 4.74 Å². The number of ether oxygens (including phenoxy) is 1. The van der Waals surface area contributed by atoms with Crippen molar-refractivity contribution in [3.05, 3.63) is 90.2 Å². The van der Waals surface area contributed by atoms with Crippen LogP contribution in [0.3, 0.4) is 0 Å². The zero-order valence-electron chi connectivity index (χ0n) is 14.5. The number of carbonyl (C=O) groups is 1. The highest BCUT2D eigenvalue weighted by Gasteiger charge is 2.06. The van der Waals surface area contributed by atoms with Crippen molar-refractivity contribution in [3.63, 3.8) is 0 Å². The summed E-state index contributed by atoms with van der Waals surface area (Å²) in [7, 11) is 0. The van der Waals surface area contributed by atoms with Crippen LogP contribution in [-0.4, -0.2) is 16.7 Å². The van der Waals surface area contributed by atoms with E-state index in [2.05, 4.69) is 35.4 Å². The molecule has 0 fully saturated rings. The van der Waals surface area contributed by atoms with Crippen molar-refractivity contribution in [2.24, 2.45) is 0 Å². The van der Waals surface area contributed by atoms with Gasteiger partial charge in [0.2, 0.25) is 0 Å². The summed E-state index contributed by atoms with van der Waals surface area (Å²) in [4.78, 5) is 16.2. The summed E-state index contributed by atoms with van der Waals surface area (Å²) in [6.07, 6.45) is 14.3. The van der Waals surface area contributed by atoms with E-state index in [9.17, 15) is 4.79 Å². The second-order valence-electron chi connectivity index (χ2n) is 5.88. The largest absolute Gasteiger partial charge is 0.489 e. The molecule has 0 unspecified atom stereocenters. The van der Waals surface area contributed by atoms with Crippen LogP contribution in [0.4, 0.5) is 0 Å². The molecule has 1 aliphatic carbocycles. The van der Waals surface area contributed by atoms with Crippen molar-refractivity contribution < 1.29 is 9.53 Å². The number of hydrogen-bond donors (Lipinski definition) is 0. The minimum Gasteiger partial charge on any atom is -0.489 e. The van der Waals surface area contributed by atoms with Gasteiger partial charge in [0.25, 0.3) is 0 Å². The number of pyridine rings is 1. The quantitative estimate of drug-likeness (QED) is 0.638. The Labute approximate surface area is 158 Å². The Bertz CT molecular complexity index is 808. The molecule has 0 spiro atoms. The number of aryl methyl sites for hydroxylation is 1. The number of carbonyl (C=O) groups excluding carboxylic acids is 1. The highest BCUT2D eigenvalue weighted by Crippen LogP contribution is 2.20. The Balaban J connectivity index is 1.44. The first-order valence-corrected chi connectivity index (χ1v) is 9.47. The van der Waals surface area contributed by atoms with E-state index >= 15 is 0 Å². The first kappa shape index (κ1) is 18.2. The number of nitrogens with zero attached hydrogens (tertiary/aromatic N) is 1. The predicted octanol–water partition coefficient (Wildman–Crippen LogP) is 5.15. The topological polar surface area (TPSA) is 39.2 Å². The molecule has 3 rings (SSSR count). The maximum Gasteiger partial charge on any atom is 0.195 e. The molecule has 1 aromatic heterocycles. The zero-order valence-corrected chi connectivity index (χ0v) is 15.3. The average Bonchev–Trinajstić information content (AvgIpc) is 2.95. The molecule has 26 heavy (non-hydrogen) atoms. The smallest absolute Gasteiger partial charge is 0.195 e. The van der Waals surface area contributed by atoms with Gasteiger partial charge in [-0.2, -0.15) is 0 Å². The molecule has 0 saturated carbocycles. The van der Waals surface area contributed by atoms with Crippen LogP contribution < -0.4 is 4.74 Å². The summed E-state index contributed by atoms with van der Waals surface area (Å²) in [5, 5.41) is 0.877. The third-order valence-electron chi connectivity index (χ3n) is 3.85. The summed E-state index contributed by atoms with van der Waals surface area (Å²) >= 11 is 1.20. The number of hydrogen-bond acceptors (Lipinski definition) is 4. The molecule has 0 amide bonds. The number of thioether (sulfide) groups is 1. The van der Waals surface area contributed by atoms with E-state index in [-0.39, 0.29) is 5.12 Å². The highest BCUT2D eigenvalue weighted by atomic mass is 32.2. The minimum absolute atomic E-state index is 0.129. The molecule has 0 N–H and O–H groups in total. The summed E-state index contributed by atoms with van der Waals surface area (Å²) in [5.74, 6) is 0.838. The molecular formula is C22H21NO2S. The Hall–Kier alpha value is -2.59. The van der Waals surface area contributed by atoms with Crippen molar-refractivity contribution in [2.45, 2.75) is 24.3 Å². The molecule has 0 radical (unpaired) electrons. The van der Waals surface area contributed by atoms with Crippen LogP contribution in [0, 0.1) is 0 Å². The Morgan fingerprint density at radius 2 is 2.00 bits per heavy atom. The van der Waals surface area contributed by atoms with Gasteiger partial charge in [0.05, 0.1) is 0 Å². The molecule has 3 nitrogen and oxygen atoms in total. The van der Waals surface area contributed by atoms with E-state index in [1.165, 1.54) is 11.8 Å². The van der Waals surface area contributed by atoms with E-state index in [0.29, 0.717) is 13.0 Å². The lowest BCUT2D eigenvalue weighted by Crippen LogP contribution is -2.00. The Morgan fingerprint density at radius 3 is 2.81 bits per heavy atom. The van der Waals surface area contributed by atoms with Crippen LogP contribution in [0.2, 0.25) is 0 Å². The maximum absolute atomic E-state index is 12.0. The van der Waals surface area contributed by atoms with Gasteiger partial charge in [-0.1, -0.05) is 48.6 Å². The van der Waals surface area contributed by atoms with Crippen LogP contribution in [0.5, 0.6) is 5.75 Å². The Morgan fingerprint density at radius 1 is 1.12 bits per heavy atom. The second kappa shape index (κ2) is 9.78. The molecule has 0 atom stereocenters. The summed E-state index contributed by atoms with van der Waals surface area (Å²) < 4.78 is 5.83. The number of aromatic nitrogens is 1. The van der Waals surface area contributed by atoms with Gasteiger partial charge in [0, 0.05) is 12.6 Å². The first-order chi connectivity index (χ1) is 12.8. The SMILES string of the molecule is O=C(CCc1ccc(OCC2=CC=CCC=C2)cc1)Sc1ccccn1. The van der Waals surface area contributed by atoms with Gasteiger partial charge >= 0.3 is 0 Å². The first-order valence-electron chi connectivity index (χ1n) is 8.65. The van der Waals surface area contributed by atoms with Crippen LogP contribution >= 0.6 is 11.8 Å². The van der Waals surface area contributed by atoms with Crippen molar-refractivity contribution >= 4 is 16.9 Å². The Kier molecular flexibility index (Phi) is 6.85. The van der Waals surface area contributed by atoms with Gasteiger partial charge in [-0.3, -0.25) is 4.79 Å². The molecule has 132 valence electrons. The van der Waals surface area contributed by atoms with E-state index in [1.807, 2.05) is 42.5 Å². The summed E-state index contributed by atoms with van der Waals surface area (Å²) in [6, 6.07) is 13.5. The number of benzene rings is 1. The van der Waals surface area contributed by atoms with Crippen LogP contribution in [0.15, 0.2) is 89.6 Å². The van der Waals surface area contributed by atoms with Crippen LogP contribution in [0.1, 0.15) is 18.4 Å². The molecular weight excluding hydrogens is 342 g/mol. The van der Waals surface area contributed by atoms with Crippen molar-refractivity contribution in [1.82, 2.24) is 4.98 Å². The standard InChI is InChI=1S/C22H21NO2S/c24-22(26-21-9-5-6-16-23-21)15-12-18-10-13-20(14-11-18)25-17-19-7-3-1-2-4-8-19/h1,3-11,13-14,16H,2,12,15,17H2. The highest BCUT2D eigenvalue weighted by molar-refractivity contribution is 8.13. The van der Waals surface area contributed by atoms with Crippen LogP contribution in [-0.2, 0) is 11.2 Å². The van der Waals surface area contributed by atoms with Crippen molar-refractivity contribution in [1.29, 1.82) is 0 Å². The predicted molar refractivity (Wildman–Crippen MR) is 106 cm³/mol. The van der Waals surface area contributed by atoms with Gasteiger partial charge in [0.15, 0.2) is 5.12 Å². The van der Waals surface area contributed by atoms with E-state index in [0.717, 1.165) is 34.8 Å². The molecule has 1 aliphatic rings. The molecule has 0 aliphatic heterocycles. The normalized spacial score (nSPS) is 13.2. The van der Waals surface area contributed by atoms with Gasteiger partial charge in [-0.15, -0.1) is 0 Å². The third kappa shape index (κ3) is 6.05. The molecule has 1 aromatic carbocycles. The molecule has 0 bridgehead atoms. The van der Waals surface area contributed by atoms with Crippen molar-refractivity contribution in [3.8, 4) is 5.75 Å².